The van der Waals surface area contributed by atoms with Crippen molar-refractivity contribution >= 4 is 58.2 Å². The van der Waals surface area contributed by atoms with Gasteiger partial charge in [0.05, 0.1) is 24.3 Å². The Balaban J connectivity index is 1.24. The summed E-state index contributed by atoms with van der Waals surface area (Å²) in [4.78, 5) is 67.6. The summed E-state index contributed by atoms with van der Waals surface area (Å²) in [7, 11) is 0. The van der Waals surface area contributed by atoms with Crippen LogP contribution in [-0.2, 0) is 14.4 Å². The predicted molar refractivity (Wildman–Crippen MR) is 184 cm³/mol. The van der Waals surface area contributed by atoms with Crippen LogP contribution in [0, 0.1) is 24.5 Å². The van der Waals surface area contributed by atoms with Gasteiger partial charge < -0.3 is 26.2 Å². The number of nitrogens with one attached hydrogen (secondary N) is 4. The van der Waals surface area contributed by atoms with E-state index in [1.165, 1.54) is 24.3 Å². The number of hydrogen-bond donors (Lipinski definition) is 4. The van der Waals surface area contributed by atoms with E-state index in [1.54, 1.807) is 30.0 Å². The zero-order valence-corrected chi connectivity index (χ0v) is 28.3. The molecule has 0 radical (unpaired) electrons. The first-order valence-electron chi connectivity index (χ1n) is 15.9. The van der Waals surface area contributed by atoms with Crippen LogP contribution in [0.15, 0.2) is 54.6 Å². The number of benzene rings is 3. The number of para-hydroxylation sites is 1. The number of nitrogens with zero attached hydrogens (tertiary/aromatic N) is 2. The zero-order valence-electron chi connectivity index (χ0n) is 27.5. The lowest BCUT2D eigenvalue weighted by atomic mass is 9.96. The second-order valence-corrected chi connectivity index (χ2v) is 12.0. The summed E-state index contributed by atoms with van der Waals surface area (Å²) in [5, 5.41) is 10.7. The molecule has 1 fully saturated rings. The molecule has 0 atom stereocenters. The molecule has 0 aliphatic carbocycles. The van der Waals surface area contributed by atoms with E-state index in [0.29, 0.717) is 60.9 Å². The van der Waals surface area contributed by atoms with Crippen LogP contribution >= 0.6 is 11.6 Å². The summed E-state index contributed by atoms with van der Waals surface area (Å²) < 4.78 is 28.0. The number of hydrogen-bond acceptors (Lipinski definition) is 6. The maximum Gasteiger partial charge on any atom is 0.255 e. The topological polar surface area (TPSA) is 140 Å². The molecule has 3 aromatic carbocycles. The highest BCUT2D eigenvalue weighted by Gasteiger charge is 2.27. The molecular weight excluding hydrogens is 658 g/mol. The van der Waals surface area contributed by atoms with E-state index in [9.17, 15) is 32.8 Å². The molecule has 0 spiro atoms. The van der Waals surface area contributed by atoms with Crippen LogP contribution in [0.4, 0.5) is 25.8 Å². The fraction of sp³-hybridized carbons (Fsp3) is 0.343. The lowest BCUT2D eigenvalue weighted by Crippen LogP contribution is -2.44. The average molecular weight is 697 g/mol. The Bertz CT molecular complexity index is 1710. The van der Waals surface area contributed by atoms with E-state index < -0.39 is 29.1 Å². The van der Waals surface area contributed by atoms with E-state index >= 15 is 0 Å². The maximum absolute atomic E-state index is 14.0. The van der Waals surface area contributed by atoms with Gasteiger partial charge in [-0.25, -0.2) is 8.78 Å². The van der Waals surface area contributed by atoms with Gasteiger partial charge in [0.1, 0.15) is 17.3 Å². The number of amides is 5. The first-order valence-corrected chi connectivity index (χ1v) is 16.3. The molecule has 11 nitrogen and oxygen atoms in total. The largest absolute Gasteiger partial charge is 0.347 e. The average Bonchev–Trinajstić information content (AvgIpc) is 3.07. The minimum absolute atomic E-state index is 0.0429. The number of anilines is 3. The number of carbonyl (C=O) groups excluding carboxylic acids is 5. The summed E-state index contributed by atoms with van der Waals surface area (Å²) >= 11 is 6.11. The molecule has 0 unspecified atom stereocenters. The molecule has 4 N–H and O–H groups in total. The molecule has 0 saturated carbocycles. The minimum Gasteiger partial charge on any atom is -0.347 e. The Hall–Kier alpha value is -4.88. The smallest absolute Gasteiger partial charge is 0.255 e. The third kappa shape index (κ3) is 9.83. The molecule has 14 heteroatoms. The van der Waals surface area contributed by atoms with Gasteiger partial charge in [-0.05, 0) is 94.7 Å². The molecule has 1 heterocycles. The number of halogens is 3. The second-order valence-electron chi connectivity index (χ2n) is 11.6. The highest BCUT2D eigenvalue weighted by molar-refractivity contribution is 6.31. The van der Waals surface area contributed by atoms with Crippen molar-refractivity contribution in [3.05, 3.63) is 87.9 Å². The van der Waals surface area contributed by atoms with Crippen LogP contribution in [0.5, 0.6) is 0 Å². The van der Waals surface area contributed by atoms with Gasteiger partial charge in [0, 0.05) is 35.3 Å². The van der Waals surface area contributed by atoms with Crippen molar-refractivity contribution < 1.29 is 32.8 Å². The van der Waals surface area contributed by atoms with Crippen molar-refractivity contribution in [3.8, 4) is 0 Å². The van der Waals surface area contributed by atoms with E-state index in [0.717, 1.165) is 12.1 Å². The fourth-order valence-corrected chi connectivity index (χ4v) is 5.61. The van der Waals surface area contributed by atoms with Crippen LogP contribution in [0.1, 0.15) is 53.0 Å². The first-order chi connectivity index (χ1) is 23.4. The Morgan fingerprint density at radius 3 is 2.16 bits per heavy atom. The highest BCUT2D eigenvalue weighted by Crippen LogP contribution is 2.24. The van der Waals surface area contributed by atoms with Crippen molar-refractivity contribution in [2.45, 2.75) is 33.6 Å². The van der Waals surface area contributed by atoms with Crippen LogP contribution in [0.3, 0.4) is 0 Å². The van der Waals surface area contributed by atoms with Crippen LogP contribution in [0.2, 0.25) is 5.02 Å². The SMILES string of the molecule is CCN(CC)C(=O)c1ccc(Cl)cc1NC(=O)CNC(=O)C1CCN(CC(=O)Nc2cc(C(=O)Nc3c(F)cccc3F)ccc2C)CC1. The van der Waals surface area contributed by atoms with Crippen molar-refractivity contribution in [3.63, 3.8) is 0 Å². The Labute approximate surface area is 288 Å². The Kier molecular flexibility index (Phi) is 12.8. The van der Waals surface area contributed by atoms with Gasteiger partial charge in [-0.3, -0.25) is 28.9 Å². The van der Waals surface area contributed by atoms with Gasteiger partial charge in [0.2, 0.25) is 17.7 Å². The van der Waals surface area contributed by atoms with Gasteiger partial charge in [-0.1, -0.05) is 23.7 Å². The van der Waals surface area contributed by atoms with E-state index in [2.05, 4.69) is 21.3 Å². The van der Waals surface area contributed by atoms with Gasteiger partial charge >= 0.3 is 0 Å². The van der Waals surface area contributed by atoms with E-state index in [1.807, 2.05) is 18.7 Å². The molecule has 1 saturated heterocycles. The van der Waals surface area contributed by atoms with Gasteiger partial charge in [0.25, 0.3) is 11.8 Å². The normalized spacial score (nSPS) is 13.3. The van der Waals surface area contributed by atoms with Gasteiger partial charge in [-0.15, -0.1) is 0 Å². The van der Waals surface area contributed by atoms with Crippen molar-refractivity contribution in [2.75, 3.05) is 55.2 Å². The molecule has 1 aliphatic heterocycles. The Morgan fingerprint density at radius 2 is 1.51 bits per heavy atom. The predicted octanol–water partition coefficient (Wildman–Crippen LogP) is 5.07. The molecule has 0 aromatic heterocycles. The molecular formula is C35H39ClF2N6O5. The molecule has 0 bridgehead atoms. The molecule has 1 aliphatic rings. The van der Waals surface area contributed by atoms with Gasteiger partial charge in [-0.2, -0.15) is 0 Å². The summed E-state index contributed by atoms with van der Waals surface area (Å²) in [6.45, 7) is 7.15. The minimum atomic E-state index is -0.909. The lowest BCUT2D eigenvalue weighted by Gasteiger charge is -2.30. The van der Waals surface area contributed by atoms with E-state index in [4.69, 9.17) is 11.6 Å². The third-order valence-corrected chi connectivity index (χ3v) is 8.50. The number of rotatable bonds is 12. The molecule has 5 amide bonds. The summed E-state index contributed by atoms with van der Waals surface area (Å²) in [6.07, 6.45) is 0.942. The summed E-state index contributed by atoms with van der Waals surface area (Å²) in [6, 6.07) is 12.4. The molecule has 3 aromatic rings. The molecule has 49 heavy (non-hydrogen) atoms. The lowest BCUT2D eigenvalue weighted by molar-refractivity contribution is -0.128. The zero-order chi connectivity index (χ0) is 35.7. The van der Waals surface area contributed by atoms with E-state index in [-0.39, 0.29) is 48.0 Å². The first kappa shape index (κ1) is 36.9. The summed E-state index contributed by atoms with van der Waals surface area (Å²) in [5.41, 5.74) is 1.16. The van der Waals surface area contributed by atoms with Crippen LogP contribution in [-0.4, -0.2) is 78.6 Å². The Morgan fingerprint density at radius 1 is 0.857 bits per heavy atom. The van der Waals surface area contributed by atoms with Crippen molar-refractivity contribution in [2.24, 2.45) is 5.92 Å². The number of carbonyl (C=O) groups is 5. The monoisotopic (exact) mass is 696 g/mol. The number of piperidine rings is 1. The van der Waals surface area contributed by atoms with Gasteiger partial charge in [0.15, 0.2) is 0 Å². The molecule has 260 valence electrons. The third-order valence-electron chi connectivity index (χ3n) is 8.26. The standard InChI is InChI=1S/C35H39ClF2N6O5/c1-4-44(5-2)35(49)25-12-11-24(36)18-29(25)41-30(45)19-39-33(47)22-13-15-43(16-14-22)20-31(46)40-28-17-23(10-9-21(28)3)34(48)42-32-26(37)7-6-8-27(32)38/h6-12,17-18,22H,4-5,13-16,19-20H2,1-3H3,(H,39,47)(H,40,46)(H,41,45)(H,42,48). The molecule has 4 rings (SSSR count). The van der Waals surface area contributed by atoms with Crippen LogP contribution < -0.4 is 21.3 Å². The quantitative estimate of drug-likeness (QED) is 0.209. The summed E-state index contributed by atoms with van der Waals surface area (Å²) in [5.74, 6) is -4.28. The van der Waals surface area contributed by atoms with Crippen LogP contribution in [0.25, 0.3) is 0 Å². The highest BCUT2D eigenvalue weighted by atomic mass is 35.5. The fourth-order valence-electron chi connectivity index (χ4n) is 5.44. The number of likely N-dealkylation sites (tertiary alicyclic amines) is 1. The number of aryl methyl sites for hydroxylation is 1. The van der Waals surface area contributed by atoms with Crippen molar-refractivity contribution in [1.29, 1.82) is 0 Å². The second kappa shape index (κ2) is 17.0. The van der Waals surface area contributed by atoms with Crippen molar-refractivity contribution in [1.82, 2.24) is 15.1 Å². The maximum atomic E-state index is 14.0.